The largest absolute Gasteiger partial charge is 0.444 e. The number of amides is 2. The van der Waals surface area contributed by atoms with Crippen LogP contribution in [0.3, 0.4) is 0 Å². The lowest BCUT2D eigenvalue weighted by molar-refractivity contribution is 0.0224. The van der Waals surface area contributed by atoms with Crippen molar-refractivity contribution < 1.29 is 14.3 Å². The fourth-order valence-electron chi connectivity index (χ4n) is 6.10. The van der Waals surface area contributed by atoms with Gasteiger partial charge in [-0.15, -0.1) is 0 Å². The molecule has 6 rings (SSSR count). The van der Waals surface area contributed by atoms with Gasteiger partial charge in [0.05, 0.1) is 22.0 Å². The van der Waals surface area contributed by atoms with Crippen molar-refractivity contribution in [1.82, 2.24) is 24.5 Å². The zero-order valence-corrected chi connectivity index (χ0v) is 25.7. The first-order chi connectivity index (χ1) is 20.2. The van der Waals surface area contributed by atoms with E-state index in [9.17, 15) is 9.59 Å². The molecule has 1 atom stereocenters. The Labute approximate surface area is 251 Å². The molecule has 0 unspecified atom stereocenters. The summed E-state index contributed by atoms with van der Waals surface area (Å²) >= 11 is 1.59. The van der Waals surface area contributed by atoms with Gasteiger partial charge in [-0.2, -0.15) is 0 Å². The van der Waals surface area contributed by atoms with Crippen LogP contribution < -0.4 is 5.32 Å². The highest BCUT2D eigenvalue weighted by molar-refractivity contribution is 7.23. The summed E-state index contributed by atoms with van der Waals surface area (Å²) in [5.41, 5.74) is 4.28. The smallest absolute Gasteiger partial charge is 0.410 e. The Morgan fingerprint density at radius 2 is 1.81 bits per heavy atom. The van der Waals surface area contributed by atoms with Gasteiger partial charge in [-0.3, -0.25) is 9.20 Å². The number of rotatable bonds is 7. The molecular weight excluding hydrogens is 546 g/mol. The Morgan fingerprint density at radius 1 is 1.02 bits per heavy atom. The second-order valence-corrected chi connectivity index (χ2v) is 13.5. The summed E-state index contributed by atoms with van der Waals surface area (Å²) in [4.78, 5) is 35.7. The zero-order chi connectivity index (χ0) is 29.3. The average Bonchev–Trinajstić information content (AvgIpc) is 3.70. The van der Waals surface area contributed by atoms with Gasteiger partial charge in [0.1, 0.15) is 5.60 Å². The molecule has 222 valence electrons. The Morgan fingerprint density at radius 3 is 2.57 bits per heavy atom. The highest BCUT2D eigenvalue weighted by Gasteiger charge is 2.33. The van der Waals surface area contributed by atoms with Crippen LogP contribution in [-0.4, -0.2) is 69.5 Å². The number of thiazole rings is 1. The van der Waals surface area contributed by atoms with Crippen molar-refractivity contribution >= 4 is 38.5 Å². The second kappa shape index (κ2) is 12.1. The van der Waals surface area contributed by atoms with Crippen molar-refractivity contribution in [2.75, 3.05) is 32.7 Å². The lowest BCUT2D eigenvalue weighted by Gasteiger charge is -2.28. The standard InChI is InChI=1S/C33H41N5O3S/c1-33(2,3)41-32(40)37-20-7-9-27(37)24-12-10-23(11-13-24)26-22-38-28-15-14-25(21-29(28)42-31(38)35-26)30(39)34-16-8-19-36-17-5-4-6-18-36/h10-15,21-22,27H,4-9,16-20H2,1-3H3,(H,34,39)/t27-/m1/s1. The molecule has 2 aliphatic heterocycles. The molecule has 2 fully saturated rings. The van der Waals surface area contributed by atoms with Crippen LogP contribution in [0.4, 0.5) is 4.79 Å². The van der Waals surface area contributed by atoms with Gasteiger partial charge in [0.25, 0.3) is 5.91 Å². The van der Waals surface area contributed by atoms with Crippen molar-refractivity contribution in [3.63, 3.8) is 0 Å². The van der Waals surface area contributed by atoms with Crippen molar-refractivity contribution in [1.29, 1.82) is 0 Å². The molecule has 2 amide bonds. The molecule has 9 heteroatoms. The summed E-state index contributed by atoms with van der Waals surface area (Å²) in [6.07, 6.45) is 8.63. The second-order valence-electron chi connectivity index (χ2n) is 12.5. The number of fused-ring (bicyclic) bond motifs is 3. The fraction of sp³-hybridized carbons (Fsp3) is 0.485. The Hall–Kier alpha value is -3.43. The van der Waals surface area contributed by atoms with Crippen LogP contribution in [0.15, 0.2) is 48.7 Å². The predicted molar refractivity (Wildman–Crippen MR) is 168 cm³/mol. The van der Waals surface area contributed by atoms with E-state index in [1.807, 2.05) is 43.9 Å². The molecule has 2 aliphatic rings. The predicted octanol–water partition coefficient (Wildman–Crippen LogP) is 6.89. The van der Waals surface area contributed by atoms with Crippen molar-refractivity contribution in [2.45, 2.75) is 70.9 Å². The highest BCUT2D eigenvalue weighted by atomic mass is 32.1. The third-order valence-corrected chi connectivity index (χ3v) is 9.23. The fourth-order valence-corrected chi connectivity index (χ4v) is 7.15. The number of aromatic nitrogens is 2. The van der Waals surface area contributed by atoms with Gasteiger partial charge in [-0.25, -0.2) is 9.78 Å². The van der Waals surface area contributed by atoms with E-state index in [1.165, 1.54) is 32.4 Å². The third kappa shape index (κ3) is 6.32. The molecule has 0 saturated carbocycles. The van der Waals surface area contributed by atoms with Crippen LogP contribution in [0.5, 0.6) is 0 Å². The number of hydrogen-bond donors (Lipinski definition) is 1. The molecule has 4 aromatic rings. The lowest BCUT2D eigenvalue weighted by Crippen LogP contribution is -2.36. The number of hydrogen-bond acceptors (Lipinski definition) is 6. The number of carbonyl (C=O) groups is 2. The third-order valence-electron chi connectivity index (χ3n) is 8.21. The maximum atomic E-state index is 12.8. The van der Waals surface area contributed by atoms with E-state index in [0.717, 1.165) is 57.8 Å². The number of ether oxygens (including phenoxy) is 1. The molecule has 2 aromatic heterocycles. The van der Waals surface area contributed by atoms with Crippen LogP contribution in [-0.2, 0) is 4.74 Å². The van der Waals surface area contributed by atoms with Gasteiger partial charge in [0.2, 0.25) is 0 Å². The minimum Gasteiger partial charge on any atom is -0.444 e. The first-order valence-corrected chi connectivity index (χ1v) is 16.1. The summed E-state index contributed by atoms with van der Waals surface area (Å²) in [5, 5.41) is 3.09. The van der Waals surface area contributed by atoms with Crippen LogP contribution in [0, 0.1) is 0 Å². The Kier molecular flexibility index (Phi) is 8.23. The summed E-state index contributed by atoms with van der Waals surface area (Å²) in [5.74, 6) is -0.0186. The van der Waals surface area contributed by atoms with E-state index in [4.69, 9.17) is 9.72 Å². The van der Waals surface area contributed by atoms with Crippen molar-refractivity contribution in [2.24, 2.45) is 0 Å². The molecule has 1 N–H and O–H groups in total. The molecule has 4 heterocycles. The van der Waals surface area contributed by atoms with E-state index < -0.39 is 5.60 Å². The summed E-state index contributed by atoms with van der Waals surface area (Å²) in [6.45, 7) is 10.5. The maximum absolute atomic E-state index is 12.8. The number of benzene rings is 2. The highest BCUT2D eigenvalue weighted by Crippen LogP contribution is 2.35. The van der Waals surface area contributed by atoms with Gasteiger partial charge in [-0.1, -0.05) is 42.0 Å². The van der Waals surface area contributed by atoms with Gasteiger partial charge in [0.15, 0.2) is 4.96 Å². The zero-order valence-electron chi connectivity index (χ0n) is 24.9. The average molecular weight is 588 g/mol. The molecule has 42 heavy (non-hydrogen) atoms. The van der Waals surface area contributed by atoms with E-state index in [2.05, 4.69) is 45.1 Å². The van der Waals surface area contributed by atoms with E-state index >= 15 is 0 Å². The number of piperidine rings is 1. The van der Waals surface area contributed by atoms with Gasteiger partial charge < -0.3 is 19.9 Å². The minimum absolute atomic E-state index is 0.0186. The number of imidazole rings is 1. The van der Waals surface area contributed by atoms with Gasteiger partial charge >= 0.3 is 6.09 Å². The molecular formula is C33H41N5O3S. The van der Waals surface area contributed by atoms with E-state index in [-0.39, 0.29) is 18.0 Å². The van der Waals surface area contributed by atoms with Crippen LogP contribution >= 0.6 is 11.3 Å². The molecule has 8 nitrogen and oxygen atoms in total. The summed E-state index contributed by atoms with van der Waals surface area (Å²) in [6, 6.07) is 14.3. The topological polar surface area (TPSA) is 79.2 Å². The molecule has 0 radical (unpaired) electrons. The summed E-state index contributed by atoms with van der Waals surface area (Å²) in [7, 11) is 0. The van der Waals surface area contributed by atoms with Crippen molar-refractivity contribution in [3.8, 4) is 11.3 Å². The minimum atomic E-state index is -0.507. The van der Waals surface area contributed by atoms with Crippen LogP contribution in [0.2, 0.25) is 0 Å². The Balaban J connectivity index is 1.10. The number of nitrogens with zero attached hydrogens (tertiary/aromatic N) is 4. The van der Waals surface area contributed by atoms with Gasteiger partial charge in [0, 0.05) is 30.4 Å². The number of carbonyl (C=O) groups excluding carboxylic acids is 2. The monoisotopic (exact) mass is 587 g/mol. The quantitative estimate of drug-likeness (QED) is 0.238. The molecule has 0 bridgehead atoms. The summed E-state index contributed by atoms with van der Waals surface area (Å²) < 4.78 is 8.79. The first kappa shape index (κ1) is 28.7. The Bertz CT molecular complexity index is 1560. The number of likely N-dealkylation sites (tertiary alicyclic amines) is 2. The van der Waals surface area contributed by atoms with Crippen molar-refractivity contribution in [3.05, 3.63) is 59.8 Å². The lowest BCUT2D eigenvalue weighted by atomic mass is 10.0. The molecule has 2 saturated heterocycles. The first-order valence-electron chi connectivity index (χ1n) is 15.3. The molecule has 0 spiro atoms. The van der Waals surface area contributed by atoms with Gasteiger partial charge in [-0.05, 0) is 96.3 Å². The van der Waals surface area contributed by atoms with E-state index in [0.29, 0.717) is 18.7 Å². The SMILES string of the molecule is CC(C)(C)OC(=O)N1CCC[C@@H]1c1ccc(-c2cn3c(n2)sc2cc(C(=O)NCCCN4CCCCC4)ccc23)cc1. The molecule has 2 aromatic carbocycles. The maximum Gasteiger partial charge on any atom is 0.410 e. The van der Waals surface area contributed by atoms with Crippen LogP contribution in [0.25, 0.3) is 26.4 Å². The normalized spacial score (nSPS) is 18.2. The van der Waals surface area contributed by atoms with Crippen LogP contribution in [0.1, 0.15) is 81.3 Å². The molecule has 0 aliphatic carbocycles. The number of nitrogens with one attached hydrogen (secondary N) is 1. The van der Waals surface area contributed by atoms with E-state index in [1.54, 1.807) is 11.3 Å².